The van der Waals surface area contributed by atoms with E-state index in [9.17, 15) is 4.79 Å². The van der Waals surface area contributed by atoms with Crippen LogP contribution < -0.4 is 0 Å². The number of carbonyl (C=O) groups is 1. The maximum Gasteiger partial charge on any atom is 0.254 e. The highest BCUT2D eigenvalue weighted by Gasteiger charge is 2.33. The lowest BCUT2D eigenvalue weighted by atomic mass is 10.1. The Bertz CT molecular complexity index is 653. The average molecular weight is 345 g/mol. The molecular weight excluding hydrogens is 328 g/mol. The first-order chi connectivity index (χ1) is 10.1. The number of benzene rings is 1. The van der Waals surface area contributed by atoms with Crippen molar-refractivity contribution >= 4 is 21.8 Å². The van der Waals surface area contributed by atoms with E-state index in [1.165, 1.54) is 0 Å². The number of amides is 1. The predicted octanol–water partition coefficient (Wildman–Crippen LogP) is 3.96. The van der Waals surface area contributed by atoms with Crippen LogP contribution in [0.2, 0.25) is 0 Å². The number of pyridine rings is 1. The Labute approximate surface area is 133 Å². The van der Waals surface area contributed by atoms with E-state index in [1.54, 1.807) is 6.20 Å². The predicted molar refractivity (Wildman–Crippen MR) is 86.0 cm³/mol. The van der Waals surface area contributed by atoms with E-state index in [0.717, 1.165) is 34.0 Å². The van der Waals surface area contributed by atoms with Crippen molar-refractivity contribution < 1.29 is 4.79 Å². The lowest BCUT2D eigenvalue weighted by Crippen LogP contribution is -2.33. The second-order valence-electron chi connectivity index (χ2n) is 5.48. The van der Waals surface area contributed by atoms with Gasteiger partial charge in [-0.2, -0.15) is 0 Å². The van der Waals surface area contributed by atoms with Crippen LogP contribution in [0.15, 0.2) is 47.2 Å². The summed E-state index contributed by atoms with van der Waals surface area (Å²) in [7, 11) is 0. The molecule has 0 unspecified atom stereocenters. The zero-order chi connectivity index (χ0) is 14.8. The Balaban J connectivity index is 1.87. The molecule has 1 heterocycles. The van der Waals surface area contributed by atoms with E-state index in [2.05, 4.69) is 20.9 Å². The van der Waals surface area contributed by atoms with Crippen molar-refractivity contribution in [1.82, 2.24) is 9.88 Å². The Hall–Kier alpha value is -1.68. The third kappa shape index (κ3) is 3.32. The summed E-state index contributed by atoms with van der Waals surface area (Å²) in [6.07, 6.45) is 5.78. The van der Waals surface area contributed by atoms with E-state index >= 15 is 0 Å². The minimum absolute atomic E-state index is 0.111. The third-order valence-corrected chi connectivity index (χ3v) is 4.25. The van der Waals surface area contributed by atoms with Gasteiger partial charge in [-0.15, -0.1) is 0 Å². The van der Waals surface area contributed by atoms with Crippen molar-refractivity contribution in [3.05, 3.63) is 63.9 Å². The first-order valence-electron chi connectivity index (χ1n) is 7.11. The fraction of sp³-hybridized carbons (Fsp3) is 0.294. The van der Waals surface area contributed by atoms with Crippen molar-refractivity contribution in [3.8, 4) is 0 Å². The zero-order valence-corrected chi connectivity index (χ0v) is 13.5. The first kappa shape index (κ1) is 14.3. The van der Waals surface area contributed by atoms with E-state index in [0.29, 0.717) is 12.6 Å². The summed E-state index contributed by atoms with van der Waals surface area (Å²) in [5.41, 5.74) is 2.87. The first-order valence-corrected chi connectivity index (χ1v) is 7.90. The van der Waals surface area contributed by atoms with Gasteiger partial charge in [-0.3, -0.25) is 9.78 Å². The van der Waals surface area contributed by atoms with Gasteiger partial charge >= 0.3 is 0 Å². The van der Waals surface area contributed by atoms with E-state index in [4.69, 9.17) is 0 Å². The van der Waals surface area contributed by atoms with Crippen LogP contribution in [0.5, 0.6) is 0 Å². The molecule has 4 heteroatoms. The molecule has 1 amide bonds. The fourth-order valence-corrected chi connectivity index (χ4v) is 2.78. The minimum atomic E-state index is 0.111. The van der Waals surface area contributed by atoms with Crippen LogP contribution in [-0.4, -0.2) is 21.8 Å². The number of carbonyl (C=O) groups excluding carboxylic acids is 1. The third-order valence-electron chi connectivity index (χ3n) is 3.75. The highest BCUT2D eigenvalue weighted by Crippen LogP contribution is 2.30. The smallest absolute Gasteiger partial charge is 0.254 e. The normalized spacial score (nSPS) is 14.0. The summed E-state index contributed by atoms with van der Waals surface area (Å²) in [6, 6.07) is 10.2. The van der Waals surface area contributed by atoms with Crippen molar-refractivity contribution in [1.29, 1.82) is 0 Å². The molecule has 1 aliphatic rings. The van der Waals surface area contributed by atoms with Gasteiger partial charge < -0.3 is 4.90 Å². The van der Waals surface area contributed by atoms with Crippen LogP contribution >= 0.6 is 15.9 Å². The Morgan fingerprint density at radius 3 is 2.86 bits per heavy atom. The van der Waals surface area contributed by atoms with E-state index < -0.39 is 0 Å². The fourth-order valence-electron chi connectivity index (χ4n) is 2.42. The van der Waals surface area contributed by atoms with Crippen LogP contribution in [0.3, 0.4) is 0 Å². The van der Waals surface area contributed by atoms with Gasteiger partial charge in [-0.1, -0.05) is 28.1 Å². The molecule has 3 nitrogen and oxygen atoms in total. The van der Waals surface area contributed by atoms with Gasteiger partial charge in [-0.05, 0) is 49.1 Å². The van der Waals surface area contributed by atoms with Crippen LogP contribution in [-0.2, 0) is 6.54 Å². The van der Waals surface area contributed by atoms with Crippen molar-refractivity contribution in [2.45, 2.75) is 32.4 Å². The zero-order valence-electron chi connectivity index (χ0n) is 11.9. The number of hydrogen-bond acceptors (Lipinski definition) is 2. The number of aromatic nitrogens is 1. The lowest BCUT2D eigenvalue weighted by Gasteiger charge is -2.23. The molecule has 21 heavy (non-hydrogen) atoms. The molecular formula is C17H17BrN2O. The molecule has 1 aromatic heterocycles. The molecule has 108 valence electrons. The molecule has 0 aliphatic heterocycles. The summed E-state index contributed by atoms with van der Waals surface area (Å²) in [5.74, 6) is 0.111. The summed E-state index contributed by atoms with van der Waals surface area (Å²) in [5, 5.41) is 0. The van der Waals surface area contributed by atoms with Gasteiger partial charge in [0.25, 0.3) is 5.91 Å². The maximum atomic E-state index is 12.9. The van der Waals surface area contributed by atoms with Crippen LogP contribution in [0, 0.1) is 6.92 Å². The molecule has 1 fully saturated rings. The summed E-state index contributed by atoms with van der Waals surface area (Å²) in [6.45, 7) is 2.61. The summed E-state index contributed by atoms with van der Waals surface area (Å²) < 4.78 is 0.938. The quantitative estimate of drug-likeness (QED) is 0.840. The largest absolute Gasteiger partial charge is 0.331 e. The molecule has 0 bridgehead atoms. The van der Waals surface area contributed by atoms with Gasteiger partial charge in [0, 0.05) is 35.0 Å². The molecule has 0 atom stereocenters. The minimum Gasteiger partial charge on any atom is -0.331 e. The average Bonchev–Trinajstić information content (AvgIpc) is 3.32. The molecule has 0 spiro atoms. The lowest BCUT2D eigenvalue weighted by molar-refractivity contribution is 0.0729. The molecule has 0 saturated heterocycles. The van der Waals surface area contributed by atoms with Gasteiger partial charge in [-0.25, -0.2) is 0 Å². The molecule has 1 saturated carbocycles. The summed E-state index contributed by atoms with van der Waals surface area (Å²) in [4.78, 5) is 19.0. The monoisotopic (exact) mass is 344 g/mol. The van der Waals surface area contributed by atoms with Gasteiger partial charge in [0.2, 0.25) is 0 Å². The van der Waals surface area contributed by atoms with Gasteiger partial charge in [0.1, 0.15) is 0 Å². The molecule has 0 N–H and O–H groups in total. The molecule has 1 aromatic carbocycles. The van der Waals surface area contributed by atoms with Crippen molar-refractivity contribution in [2.75, 3.05) is 0 Å². The maximum absolute atomic E-state index is 12.9. The van der Waals surface area contributed by atoms with Crippen LogP contribution in [0.4, 0.5) is 0 Å². The number of rotatable bonds is 4. The highest BCUT2D eigenvalue weighted by atomic mass is 79.9. The number of hydrogen-bond donors (Lipinski definition) is 0. The van der Waals surface area contributed by atoms with Gasteiger partial charge in [0.05, 0.1) is 0 Å². The molecule has 3 rings (SSSR count). The number of nitrogens with zero attached hydrogens (tertiary/aromatic N) is 2. The Morgan fingerprint density at radius 2 is 2.19 bits per heavy atom. The van der Waals surface area contributed by atoms with Crippen molar-refractivity contribution in [2.24, 2.45) is 0 Å². The number of aryl methyl sites for hydroxylation is 1. The van der Waals surface area contributed by atoms with E-state index in [1.807, 2.05) is 48.4 Å². The molecule has 1 aliphatic carbocycles. The SMILES string of the molecule is Cc1ccc(Br)cc1C(=O)N(Cc1cccnc1)C1CC1. The molecule has 2 aromatic rings. The van der Waals surface area contributed by atoms with Crippen LogP contribution in [0.25, 0.3) is 0 Å². The van der Waals surface area contributed by atoms with Gasteiger partial charge in [0.15, 0.2) is 0 Å². The Kier molecular flexibility index (Phi) is 4.06. The topological polar surface area (TPSA) is 33.2 Å². The highest BCUT2D eigenvalue weighted by molar-refractivity contribution is 9.10. The van der Waals surface area contributed by atoms with Crippen molar-refractivity contribution in [3.63, 3.8) is 0 Å². The molecule has 0 radical (unpaired) electrons. The second-order valence-corrected chi connectivity index (χ2v) is 6.40. The number of halogens is 1. The summed E-state index contributed by atoms with van der Waals surface area (Å²) >= 11 is 3.45. The standard InChI is InChI=1S/C17H17BrN2O/c1-12-4-5-14(18)9-16(12)17(21)20(15-6-7-15)11-13-3-2-8-19-10-13/h2-5,8-10,15H,6-7,11H2,1H3. The second kappa shape index (κ2) is 5.98. The van der Waals surface area contributed by atoms with Crippen LogP contribution in [0.1, 0.15) is 34.3 Å². The van der Waals surface area contributed by atoms with E-state index in [-0.39, 0.29) is 5.91 Å². The Morgan fingerprint density at radius 1 is 1.38 bits per heavy atom.